The van der Waals surface area contributed by atoms with Crippen LogP contribution in [-0.2, 0) is 0 Å². The Morgan fingerprint density at radius 2 is 2.11 bits per heavy atom. The minimum Gasteiger partial charge on any atom is -0.310 e. The van der Waals surface area contributed by atoms with Gasteiger partial charge in [0.1, 0.15) is 5.82 Å². The van der Waals surface area contributed by atoms with E-state index in [4.69, 9.17) is 11.6 Å². The Morgan fingerprint density at radius 1 is 1.39 bits per heavy atom. The van der Waals surface area contributed by atoms with Crippen molar-refractivity contribution in [2.75, 3.05) is 6.54 Å². The number of rotatable bonds is 4. The summed E-state index contributed by atoms with van der Waals surface area (Å²) in [5.41, 5.74) is 0.792. The van der Waals surface area contributed by atoms with Crippen LogP contribution in [0.25, 0.3) is 0 Å². The second-order valence-corrected chi connectivity index (χ2v) is 5.97. The molecular formula is C15H19ClFN. The third-order valence-corrected chi connectivity index (χ3v) is 4.81. The van der Waals surface area contributed by atoms with E-state index in [0.717, 1.165) is 23.9 Å². The van der Waals surface area contributed by atoms with Gasteiger partial charge in [-0.05, 0) is 49.3 Å². The second kappa shape index (κ2) is 4.82. The van der Waals surface area contributed by atoms with Crippen LogP contribution in [-0.4, -0.2) is 6.54 Å². The summed E-state index contributed by atoms with van der Waals surface area (Å²) < 4.78 is 14.1. The molecule has 0 radical (unpaired) electrons. The molecule has 2 aliphatic rings. The highest BCUT2D eigenvalue weighted by Gasteiger charge is 2.56. The minimum atomic E-state index is -0.168. The van der Waals surface area contributed by atoms with Crippen molar-refractivity contribution in [2.24, 2.45) is 17.8 Å². The molecule has 0 saturated heterocycles. The van der Waals surface area contributed by atoms with Gasteiger partial charge in [-0.2, -0.15) is 0 Å². The highest BCUT2D eigenvalue weighted by atomic mass is 35.5. The molecule has 1 aromatic rings. The summed E-state index contributed by atoms with van der Waals surface area (Å²) >= 11 is 5.83. The number of nitrogens with one attached hydrogen (secondary N) is 1. The van der Waals surface area contributed by atoms with Crippen LogP contribution in [0, 0.1) is 23.6 Å². The molecule has 0 bridgehead atoms. The van der Waals surface area contributed by atoms with Crippen LogP contribution in [0.5, 0.6) is 0 Å². The van der Waals surface area contributed by atoms with Crippen molar-refractivity contribution >= 4 is 11.6 Å². The van der Waals surface area contributed by atoms with Crippen molar-refractivity contribution in [1.29, 1.82) is 0 Å². The largest absolute Gasteiger partial charge is 0.310 e. The summed E-state index contributed by atoms with van der Waals surface area (Å²) in [5, 5.41) is 3.94. The first kappa shape index (κ1) is 12.4. The SMILES string of the molecule is CCNC(c1ccc(Cl)cc1F)C1C2CCCC21. The van der Waals surface area contributed by atoms with Crippen LogP contribution < -0.4 is 5.32 Å². The fraction of sp³-hybridized carbons (Fsp3) is 0.600. The van der Waals surface area contributed by atoms with Crippen LogP contribution in [0.15, 0.2) is 18.2 Å². The summed E-state index contributed by atoms with van der Waals surface area (Å²) in [5.74, 6) is 2.11. The van der Waals surface area contributed by atoms with Gasteiger partial charge in [0.05, 0.1) is 0 Å². The van der Waals surface area contributed by atoms with Gasteiger partial charge in [0.2, 0.25) is 0 Å². The number of fused-ring (bicyclic) bond motifs is 1. The normalized spacial score (nSPS) is 31.2. The van der Waals surface area contributed by atoms with Crippen LogP contribution >= 0.6 is 11.6 Å². The molecule has 18 heavy (non-hydrogen) atoms. The van der Waals surface area contributed by atoms with E-state index >= 15 is 0 Å². The van der Waals surface area contributed by atoms with Crippen molar-refractivity contribution in [1.82, 2.24) is 5.32 Å². The smallest absolute Gasteiger partial charge is 0.129 e. The molecule has 0 aliphatic heterocycles. The van der Waals surface area contributed by atoms with E-state index in [1.54, 1.807) is 6.07 Å². The van der Waals surface area contributed by atoms with Crippen LogP contribution in [0.3, 0.4) is 0 Å². The Hall–Kier alpha value is -0.600. The van der Waals surface area contributed by atoms with E-state index in [0.29, 0.717) is 10.9 Å². The Bertz CT molecular complexity index is 438. The predicted octanol–water partition coefficient (Wildman–Crippen LogP) is 4.18. The Labute approximate surface area is 113 Å². The standard InChI is InChI=1S/C15H19ClFN/c1-2-18-15(14-10-4-3-5-11(10)14)12-7-6-9(16)8-13(12)17/h6-8,10-11,14-15,18H,2-5H2,1H3. The molecule has 1 nitrogen and oxygen atoms in total. The lowest BCUT2D eigenvalue weighted by atomic mass is 9.96. The predicted molar refractivity (Wildman–Crippen MR) is 72.1 cm³/mol. The molecule has 1 N–H and O–H groups in total. The molecule has 98 valence electrons. The lowest BCUT2D eigenvalue weighted by molar-refractivity contribution is 0.411. The van der Waals surface area contributed by atoms with Gasteiger partial charge >= 0.3 is 0 Å². The first-order valence-corrected chi connectivity index (χ1v) is 7.28. The highest BCUT2D eigenvalue weighted by Crippen LogP contribution is 2.62. The van der Waals surface area contributed by atoms with E-state index in [-0.39, 0.29) is 11.9 Å². The number of hydrogen-bond acceptors (Lipinski definition) is 1. The summed E-state index contributed by atoms with van der Waals surface area (Å²) in [7, 11) is 0. The van der Waals surface area contributed by atoms with Crippen LogP contribution in [0.2, 0.25) is 5.02 Å². The van der Waals surface area contributed by atoms with E-state index < -0.39 is 0 Å². The fourth-order valence-electron chi connectivity index (χ4n) is 3.80. The number of benzene rings is 1. The maximum absolute atomic E-state index is 14.1. The van der Waals surface area contributed by atoms with Gasteiger partial charge < -0.3 is 5.32 Å². The number of halogens is 2. The first-order chi connectivity index (χ1) is 8.72. The van der Waals surface area contributed by atoms with Gasteiger partial charge in [0, 0.05) is 16.6 Å². The van der Waals surface area contributed by atoms with Crippen molar-refractivity contribution in [3.63, 3.8) is 0 Å². The van der Waals surface area contributed by atoms with Gasteiger partial charge in [-0.3, -0.25) is 0 Å². The van der Waals surface area contributed by atoms with Gasteiger partial charge in [0.15, 0.2) is 0 Å². The summed E-state index contributed by atoms with van der Waals surface area (Å²) in [6.07, 6.45) is 4.01. The quantitative estimate of drug-likeness (QED) is 0.863. The molecule has 3 heteroatoms. The van der Waals surface area contributed by atoms with E-state index in [9.17, 15) is 4.39 Å². The zero-order valence-electron chi connectivity index (χ0n) is 10.6. The van der Waals surface area contributed by atoms with Crippen LogP contribution in [0.1, 0.15) is 37.8 Å². The molecule has 0 aromatic heterocycles. The van der Waals surface area contributed by atoms with Crippen molar-refractivity contribution in [2.45, 2.75) is 32.2 Å². The summed E-state index contributed by atoms with van der Waals surface area (Å²) in [4.78, 5) is 0. The molecule has 2 fully saturated rings. The Balaban J connectivity index is 1.85. The maximum atomic E-state index is 14.1. The van der Waals surface area contributed by atoms with Crippen molar-refractivity contribution in [3.8, 4) is 0 Å². The Morgan fingerprint density at radius 3 is 2.72 bits per heavy atom. The Kier molecular flexibility index (Phi) is 3.33. The average molecular weight is 268 g/mol. The molecule has 0 spiro atoms. The van der Waals surface area contributed by atoms with E-state index in [1.165, 1.54) is 25.3 Å². The maximum Gasteiger partial charge on any atom is 0.129 e. The monoisotopic (exact) mass is 267 g/mol. The fourth-order valence-corrected chi connectivity index (χ4v) is 3.96. The van der Waals surface area contributed by atoms with Crippen molar-refractivity contribution < 1.29 is 4.39 Å². The zero-order chi connectivity index (χ0) is 12.7. The molecule has 1 aromatic carbocycles. The van der Waals surface area contributed by atoms with Gasteiger partial charge in [-0.25, -0.2) is 4.39 Å². The molecule has 2 saturated carbocycles. The molecule has 3 unspecified atom stereocenters. The third-order valence-electron chi connectivity index (χ3n) is 4.58. The highest BCUT2D eigenvalue weighted by molar-refractivity contribution is 6.30. The van der Waals surface area contributed by atoms with E-state index in [2.05, 4.69) is 12.2 Å². The van der Waals surface area contributed by atoms with Crippen molar-refractivity contribution in [3.05, 3.63) is 34.6 Å². The van der Waals surface area contributed by atoms with Gasteiger partial charge in [-0.15, -0.1) is 0 Å². The summed E-state index contributed by atoms with van der Waals surface area (Å²) in [6.45, 7) is 2.96. The molecule has 2 aliphatic carbocycles. The molecule has 3 atom stereocenters. The topological polar surface area (TPSA) is 12.0 Å². The summed E-state index contributed by atoms with van der Waals surface area (Å²) in [6, 6.07) is 5.24. The van der Waals surface area contributed by atoms with Gasteiger partial charge in [0.25, 0.3) is 0 Å². The van der Waals surface area contributed by atoms with Gasteiger partial charge in [-0.1, -0.05) is 31.0 Å². The molecule has 0 heterocycles. The van der Waals surface area contributed by atoms with E-state index in [1.807, 2.05) is 6.07 Å². The zero-order valence-corrected chi connectivity index (χ0v) is 11.4. The number of hydrogen-bond donors (Lipinski definition) is 1. The lowest BCUT2D eigenvalue weighted by Crippen LogP contribution is -2.25. The molecule has 3 rings (SSSR count). The molecular weight excluding hydrogens is 249 g/mol. The minimum absolute atomic E-state index is 0.168. The average Bonchev–Trinajstić information content (AvgIpc) is 2.80. The second-order valence-electron chi connectivity index (χ2n) is 5.54. The first-order valence-electron chi connectivity index (χ1n) is 6.90. The molecule has 0 amide bonds. The van der Waals surface area contributed by atoms with Crippen LogP contribution in [0.4, 0.5) is 4.39 Å². The lowest BCUT2D eigenvalue weighted by Gasteiger charge is -2.21. The third kappa shape index (κ3) is 2.06.